The van der Waals surface area contributed by atoms with E-state index in [1.807, 2.05) is 25.1 Å². The van der Waals surface area contributed by atoms with Crippen LogP contribution in [0, 0.1) is 0 Å². The number of amides is 9. The molecule has 0 aliphatic carbocycles. The third-order valence-corrected chi connectivity index (χ3v) is 11.9. The molecule has 0 saturated carbocycles. The zero-order valence-corrected chi connectivity index (χ0v) is 40.4. The number of rotatable bonds is 17. The van der Waals surface area contributed by atoms with E-state index in [1.165, 1.54) is 26.4 Å². The quantitative estimate of drug-likeness (QED) is 0.0310. The zero-order valence-electron chi connectivity index (χ0n) is 40.4. The fraction of sp³-hybridized carbons (Fsp3) is 0.438. The molecule has 4 aromatic rings. The smallest absolute Gasteiger partial charge is 0.243 e. The van der Waals surface area contributed by atoms with E-state index >= 15 is 0 Å². The maximum absolute atomic E-state index is 14.6. The molecule has 3 heterocycles. The zero-order chi connectivity index (χ0) is 52.3. The first kappa shape index (κ1) is 54.6. The molecule has 0 bridgehead atoms. The van der Waals surface area contributed by atoms with Crippen molar-refractivity contribution in [3.8, 4) is 0 Å². The number of H-pyrrole nitrogens is 2. The highest BCUT2D eigenvalue weighted by molar-refractivity contribution is 5.99. The summed E-state index contributed by atoms with van der Waals surface area (Å²) in [5, 5.41) is 21.9. The van der Waals surface area contributed by atoms with Crippen molar-refractivity contribution in [2.24, 2.45) is 22.2 Å². The van der Waals surface area contributed by atoms with Gasteiger partial charge in [-0.1, -0.05) is 68.3 Å². The molecule has 72 heavy (non-hydrogen) atoms. The van der Waals surface area contributed by atoms with E-state index in [0.29, 0.717) is 29.7 Å². The van der Waals surface area contributed by atoms with Gasteiger partial charge in [0, 0.05) is 61.7 Å². The SMILES string of the molecule is CCCC[C@H](NC(C)=O)C(=O)N[C@H]1CC(=O)NC(C)[C@@H](C(N)=O)NC(=O)[C@H](Cc2c[nH]c3ccccc23)NC(=O)[C@H](CCCN=C(N)N)NC(=O)[C@@H](Cc2ccccc2)NC(=O)[C@H](Cc2cnc[nH]2)NC1=O. The fourth-order valence-electron chi connectivity index (χ4n) is 8.16. The molecular weight excluding hydrogens is 931 g/mol. The second-order valence-corrected chi connectivity index (χ2v) is 17.6. The van der Waals surface area contributed by atoms with Crippen LogP contribution in [0.2, 0.25) is 0 Å². The third-order valence-electron chi connectivity index (χ3n) is 11.9. The average Bonchev–Trinajstić information content (AvgIpc) is 4.01. The topological polar surface area (TPSA) is 385 Å². The molecule has 1 aliphatic rings. The van der Waals surface area contributed by atoms with Gasteiger partial charge >= 0.3 is 0 Å². The summed E-state index contributed by atoms with van der Waals surface area (Å²) in [5.41, 5.74) is 19.3. The van der Waals surface area contributed by atoms with Crippen molar-refractivity contribution < 1.29 is 43.2 Å². The number of nitrogens with one attached hydrogen (secondary N) is 10. The monoisotopic (exact) mass is 996 g/mol. The van der Waals surface area contributed by atoms with Crippen LogP contribution in [-0.2, 0) is 62.4 Å². The summed E-state index contributed by atoms with van der Waals surface area (Å²) in [4.78, 5) is 140. The number of imidazole rings is 1. The maximum Gasteiger partial charge on any atom is 0.243 e. The largest absolute Gasteiger partial charge is 0.370 e. The summed E-state index contributed by atoms with van der Waals surface area (Å²) in [6.07, 6.45) is 4.64. The van der Waals surface area contributed by atoms with Crippen molar-refractivity contribution in [2.75, 3.05) is 6.54 Å². The number of aromatic amines is 2. The summed E-state index contributed by atoms with van der Waals surface area (Å²) in [6, 6.07) is 4.53. The van der Waals surface area contributed by atoms with Crippen LogP contribution in [-0.4, -0.2) is 129 Å². The number of nitrogens with zero attached hydrogens (tertiary/aromatic N) is 2. The van der Waals surface area contributed by atoms with Gasteiger partial charge in [-0.3, -0.25) is 48.1 Å². The van der Waals surface area contributed by atoms with Crippen LogP contribution in [0.5, 0.6) is 0 Å². The first-order valence-electron chi connectivity index (χ1n) is 23.7. The van der Waals surface area contributed by atoms with E-state index in [-0.39, 0.29) is 51.0 Å². The lowest BCUT2D eigenvalue weighted by atomic mass is 10.0. The number of unbranched alkanes of at least 4 members (excludes halogenated alkanes) is 1. The molecule has 1 aliphatic heterocycles. The Labute approximate surface area is 415 Å². The lowest BCUT2D eigenvalue weighted by Gasteiger charge is -2.29. The predicted molar refractivity (Wildman–Crippen MR) is 264 cm³/mol. The number of carbonyl (C=O) groups excluding carboxylic acids is 9. The van der Waals surface area contributed by atoms with E-state index in [4.69, 9.17) is 17.2 Å². The first-order chi connectivity index (χ1) is 34.4. The number of benzene rings is 2. The van der Waals surface area contributed by atoms with Gasteiger partial charge in [0.1, 0.15) is 42.3 Å². The lowest BCUT2D eigenvalue weighted by molar-refractivity contribution is -0.137. The highest BCUT2D eigenvalue weighted by atomic mass is 16.2. The number of primary amides is 1. The van der Waals surface area contributed by atoms with Gasteiger partial charge in [-0.15, -0.1) is 0 Å². The maximum atomic E-state index is 14.6. The van der Waals surface area contributed by atoms with Crippen molar-refractivity contribution >= 4 is 70.0 Å². The summed E-state index contributed by atoms with van der Waals surface area (Å²) in [6.45, 7) is 4.53. The number of aliphatic imine (C=N–C) groups is 1. The van der Waals surface area contributed by atoms with Crippen LogP contribution in [0.4, 0.5) is 0 Å². The Hall–Kier alpha value is -8.31. The van der Waals surface area contributed by atoms with Gasteiger partial charge in [-0.05, 0) is 43.4 Å². The summed E-state index contributed by atoms with van der Waals surface area (Å²) < 4.78 is 0. The van der Waals surface area contributed by atoms with Gasteiger partial charge in [0.15, 0.2) is 5.96 Å². The number of fused-ring (bicyclic) bond motifs is 1. The Bertz CT molecular complexity index is 2560. The Morgan fingerprint density at radius 2 is 1.38 bits per heavy atom. The number of para-hydroxylation sites is 1. The predicted octanol–water partition coefficient (Wildman–Crippen LogP) is -2.03. The molecule has 5 rings (SSSR count). The van der Waals surface area contributed by atoms with E-state index in [1.54, 1.807) is 42.6 Å². The molecule has 16 N–H and O–H groups in total. The molecule has 0 radical (unpaired) electrons. The van der Waals surface area contributed by atoms with Crippen LogP contribution in [0.1, 0.15) is 76.1 Å². The highest BCUT2D eigenvalue weighted by Crippen LogP contribution is 2.20. The van der Waals surface area contributed by atoms with Gasteiger partial charge in [-0.2, -0.15) is 0 Å². The normalized spacial score (nSPS) is 22.1. The molecule has 9 amide bonds. The summed E-state index contributed by atoms with van der Waals surface area (Å²) in [7, 11) is 0. The number of aromatic nitrogens is 3. The third kappa shape index (κ3) is 16.4. The minimum atomic E-state index is -1.70. The molecule has 24 heteroatoms. The molecular formula is C48H65N15O9. The van der Waals surface area contributed by atoms with Gasteiger partial charge in [-0.25, -0.2) is 4.98 Å². The average molecular weight is 996 g/mol. The number of nitrogens with two attached hydrogens (primary N) is 3. The van der Waals surface area contributed by atoms with Gasteiger partial charge in [0.25, 0.3) is 0 Å². The molecule has 1 fully saturated rings. The second kappa shape index (κ2) is 26.6. The van der Waals surface area contributed by atoms with Crippen molar-refractivity contribution in [1.82, 2.24) is 57.5 Å². The molecule has 386 valence electrons. The van der Waals surface area contributed by atoms with E-state index in [2.05, 4.69) is 62.5 Å². The van der Waals surface area contributed by atoms with Gasteiger partial charge in [0.05, 0.1) is 18.8 Å². The fourth-order valence-corrected chi connectivity index (χ4v) is 8.16. The van der Waals surface area contributed by atoms with Crippen molar-refractivity contribution in [3.63, 3.8) is 0 Å². The van der Waals surface area contributed by atoms with Crippen molar-refractivity contribution in [3.05, 3.63) is 90.1 Å². The minimum absolute atomic E-state index is 0.0539. The van der Waals surface area contributed by atoms with Gasteiger partial charge in [0.2, 0.25) is 53.2 Å². The van der Waals surface area contributed by atoms with Crippen LogP contribution in [0.15, 0.2) is 78.3 Å². The Morgan fingerprint density at radius 3 is 2.03 bits per heavy atom. The summed E-state index contributed by atoms with van der Waals surface area (Å²) in [5.74, 6) is -7.94. The van der Waals surface area contributed by atoms with Crippen LogP contribution < -0.4 is 59.7 Å². The van der Waals surface area contributed by atoms with Crippen LogP contribution in [0.3, 0.4) is 0 Å². The molecule has 8 atom stereocenters. The first-order valence-corrected chi connectivity index (χ1v) is 23.7. The number of guanidine groups is 1. The Kier molecular flexibility index (Phi) is 20.2. The van der Waals surface area contributed by atoms with E-state index in [9.17, 15) is 43.2 Å². The Balaban J connectivity index is 1.61. The van der Waals surface area contributed by atoms with Crippen LogP contribution >= 0.6 is 0 Å². The molecule has 0 spiro atoms. The standard InChI is InChI=1S/C48H65N15O9/c1-4-5-15-33(57-27(3)64)42(67)62-38-22-39(65)56-26(2)40(41(49)66)63-47(72)36(20-29-23-54-32-16-10-9-14-31(29)32)60-43(68)34(17-11-18-53-48(50)51)58-44(69)35(19-28-12-7-6-8-13-28)59-45(70)37(61-46(38)71)21-30-24-52-25-55-30/h6-10,12-14,16,23-26,33-38,40,54H,4-5,11,15,17-22H2,1-3H3,(H2,49,66)(H,52,55)(H,56,65)(H,57,64)(H,58,69)(H,59,70)(H,60,68)(H,61,71)(H,62,67)(H,63,72)(H4,50,51,53)/t26?,33-,34-,35+,36-,37-,38-,40-/m0/s1. The van der Waals surface area contributed by atoms with Crippen molar-refractivity contribution in [2.45, 2.75) is 127 Å². The minimum Gasteiger partial charge on any atom is -0.370 e. The molecule has 1 saturated heterocycles. The second-order valence-electron chi connectivity index (χ2n) is 17.6. The lowest BCUT2D eigenvalue weighted by Crippen LogP contribution is -2.63. The molecule has 24 nitrogen and oxygen atoms in total. The number of carbonyl (C=O) groups is 9. The van der Waals surface area contributed by atoms with Gasteiger partial charge < -0.3 is 69.7 Å². The van der Waals surface area contributed by atoms with E-state index < -0.39 is 108 Å². The molecule has 1 unspecified atom stereocenters. The molecule has 2 aromatic carbocycles. The van der Waals surface area contributed by atoms with E-state index in [0.717, 1.165) is 10.9 Å². The number of hydrogen-bond acceptors (Lipinski definition) is 11. The molecule has 2 aromatic heterocycles. The van der Waals surface area contributed by atoms with Crippen LogP contribution in [0.25, 0.3) is 10.9 Å². The van der Waals surface area contributed by atoms with Crippen molar-refractivity contribution in [1.29, 1.82) is 0 Å². The number of hydrogen-bond donors (Lipinski definition) is 13. The summed E-state index contributed by atoms with van der Waals surface area (Å²) >= 11 is 0. The Morgan fingerprint density at radius 1 is 0.750 bits per heavy atom. The highest BCUT2D eigenvalue weighted by Gasteiger charge is 2.37.